The Kier molecular flexibility index (Phi) is 3.79. The van der Waals surface area contributed by atoms with Gasteiger partial charge in [0.2, 0.25) is 5.69 Å². The Hall–Kier alpha value is -1.97. The molecule has 0 atom stereocenters. The van der Waals surface area contributed by atoms with Gasteiger partial charge in [-0.15, -0.1) is 0 Å². The van der Waals surface area contributed by atoms with Crippen molar-refractivity contribution >= 4 is 29.0 Å². The Morgan fingerprint density at radius 1 is 1.53 bits per heavy atom. The summed E-state index contributed by atoms with van der Waals surface area (Å²) in [6, 6.07) is 2.27. The molecule has 2 rings (SSSR count). The summed E-state index contributed by atoms with van der Waals surface area (Å²) in [4.78, 5) is 32.5. The van der Waals surface area contributed by atoms with Gasteiger partial charge in [0, 0.05) is 6.07 Å². The van der Waals surface area contributed by atoms with Gasteiger partial charge in [-0.2, -0.15) is 4.33 Å². The summed E-state index contributed by atoms with van der Waals surface area (Å²) in [5, 5.41) is 8.75. The molecule has 1 aromatic heterocycles. The number of fused-ring (bicyclic) bond motifs is 1. The number of rotatable bonds is 4. The van der Waals surface area contributed by atoms with Crippen LogP contribution in [0.15, 0.2) is 21.8 Å². The fourth-order valence-corrected chi connectivity index (χ4v) is 1.81. The smallest absolute Gasteiger partial charge is 0.360 e. The zero-order valence-electron chi connectivity index (χ0n) is 9.47. The molecule has 19 heavy (non-hydrogen) atoms. The highest BCUT2D eigenvalue weighted by Gasteiger charge is 2.14. The summed E-state index contributed by atoms with van der Waals surface area (Å²) in [7, 11) is 1.26. The fourth-order valence-electron chi connectivity index (χ4n) is 1.37. The maximum atomic E-state index is 13.6. The Bertz CT molecular complexity index is 702. The second kappa shape index (κ2) is 5.34. The van der Waals surface area contributed by atoms with Gasteiger partial charge in [0.1, 0.15) is 5.82 Å². The predicted octanol–water partition coefficient (Wildman–Crippen LogP) is 1.35. The zero-order valence-corrected chi connectivity index (χ0v) is 10.3. The van der Waals surface area contributed by atoms with Crippen molar-refractivity contribution in [1.82, 2.24) is 9.97 Å². The van der Waals surface area contributed by atoms with Gasteiger partial charge in [0.15, 0.2) is 0 Å². The summed E-state index contributed by atoms with van der Waals surface area (Å²) < 4.78 is 18.2. The van der Waals surface area contributed by atoms with E-state index < -0.39 is 23.0 Å². The monoisotopic (exact) mass is 286 g/mol. The summed E-state index contributed by atoms with van der Waals surface area (Å²) in [6.45, 7) is 0. The summed E-state index contributed by atoms with van der Waals surface area (Å²) in [5.74, 6) is -2.16. The average molecular weight is 286 g/mol. The van der Waals surface area contributed by atoms with E-state index in [9.17, 15) is 14.0 Å². The van der Waals surface area contributed by atoms with Crippen LogP contribution in [-0.2, 0) is 9.22 Å². The molecule has 0 fully saturated rings. The molecule has 0 saturated carbocycles. The zero-order chi connectivity index (χ0) is 14.0. The molecular weight excluding hydrogens is 279 g/mol. The maximum absolute atomic E-state index is 13.6. The molecule has 100 valence electrons. The third-order valence-corrected chi connectivity index (χ3v) is 2.84. The van der Waals surface area contributed by atoms with Gasteiger partial charge >= 0.3 is 5.97 Å². The second-order valence-corrected chi connectivity index (χ2v) is 4.08. The number of carbonyl (C=O) groups is 1. The van der Waals surface area contributed by atoms with E-state index in [4.69, 9.17) is 5.11 Å². The number of nitrogens with one attached hydrogen (secondary N) is 1. The highest BCUT2D eigenvalue weighted by Crippen LogP contribution is 2.25. The first-order chi connectivity index (χ1) is 9.02. The molecule has 0 saturated heterocycles. The highest BCUT2D eigenvalue weighted by molar-refractivity contribution is 7.94. The largest absolute Gasteiger partial charge is 0.476 e. The van der Waals surface area contributed by atoms with E-state index in [1.54, 1.807) is 0 Å². The Labute approximate surface area is 109 Å². The number of carboxylic acids is 1. The number of carboxylic acid groups (broad SMARTS) is 1. The maximum Gasteiger partial charge on any atom is 0.360 e. The predicted molar refractivity (Wildman–Crippen MR) is 63.2 cm³/mol. The van der Waals surface area contributed by atoms with Crippen LogP contribution in [0.4, 0.5) is 4.39 Å². The standard InChI is InChI=1S/C10H7FN2O5S/c1-17-18-19-7-3-6-5(2-4(7)11)12-8(10(15)16)9(14)13-6/h2-3H,1H3,(H,13,14)(H,15,16). The first-order valence-electron chi connectivity index (χ1n) is 4.87. The van der Waals surface area contributed by atoms with Crippen LogP contribution in [0.3, 0.4) is 0 Å². The molecule has 0 radical (unpaired) electrons. The number of benzene rings is 1. The van der Waals surface area contributed by atoms with E-state index in [0.29, 0.717) is 12.0 Å². The number of H-pyrrole nitrogens is 1. The number of hydrogen-bond acceptors (Lipinski definition) is 6. The molecular formula is C10H7FN2O5S. The van der Waals surface area contributed by atoms with Crippen LogP contribution >= 0.6 is 12.0 Å². The number of hydrogen-bond donors (Lipinski definition) is 2. The van der Waals surface area contributed by atoms with Crippen LogP contribution in [0.2, 0.25) is 0 Å². The van der Waals surface area contributed by atoms with E-state index in [1.807, 2.05) is 0 Å². The molecule has 7 nitrogen and oxygen atoms in total. The van der Waals surface area contributed by atoms with Gasteiger partial charge in [0.25, 0.3) is 5.56 Å². The number of aromatic nitrogens is 2. The van der Waals surface area contributed by atoms with E-state index in [-0.39, 0.29) is 15.9 Å². The SMILES string of the molecule is COOSc1cc2[nH]c(=O)c(C(=O)O)nc2cc1F. The van der Waals surface area contributed by atoms with Crippen molar-refractivity contribution in [2.45, 2.75) is 4.90 Å². The molecule has 0 aliphatic rings. The van der Waals surface area contributed by atoms with Crippen LogP contribution in [0.5, 0.6) is 0 Å². The molecule has 0 aliphatic heterocycles. The highest BCUT2D eigenvalue weighted by atomic mass is 32.2. The van der Waals surface area contributed by atoms with Crippen molar-refractivity contribution in [2.75, 3.05) is 7.11 Å². The Balaban J connectivity index is 2.58. The summed E-state index contributed by atoms with van der Waals surface area (Å²) in [5.41, 5.74) is -1.34. The molecule has 0 amide bonds. The van der Waals surface area contributed by atoms with Crippen molar-refractivity contribution < 1.29 is 23.5 Å². The van der Waals surface area contributed by atoms with E-state index >= 15 is 0 Å². The van der Waals surface area contributed by atoms with Crippen molar-refractivity contribution in [3.8, 4) is 0 Å². The van der Waals surface area contributed by atoms with Gasteiger partial charge in [-0.25, -0.2) is 19.1 Å². The van der Waals surface area contributed by atoms with E-state index in [0.717, 1.165) is 6.07 Å². The van der Waals surface area contributed by atoms with Crippen LogP contribution in [0.1, 0.15) is 10.5 Å². The fraction of sp³-hybridized carbons (Fsp3) is 0.100. The Morgan fingerprint density at radius 3 is 2.89 bits per heavy atom. The van der Waals surface area contributed by atoms with Crippen molar-refractivity contribution in [1.29, 1.82) is 0 Å². The van der Waals surface area contributed by atoms with Crippen LogP contribution in [0, 0.1) is 5.82 Å². The minimum Gasteiger partial charge on any atom is -0.476 e. The number of aromatic carboxylic acids is 1. The number of nitrogens with zero attached hydrogens (tertiary/aromatic N) is 1. The molecule has 2 N–H and O–H groups in total. The van der Waals surface area contributed by atoms with Gasteiger partial charge in [-0.3, -0.25) is 4.79 Å². The number of halogens is 1. The second-order valence-electron chi connectivity index (χ2n) is 3.34. The quantitative estimate of drug-likeness (QED) is 0.497. The lowest BCUT2D eigenvalue weighted by Gasteiger charge is -2.04. The lowest BCUT2D eigenvalue weighted by atomic mass is 10.3. The molecule has 0 aliphatic carbocycles. The van der Waals surface area contributed by atoms with Gasteiger partial charge < -0.3 is 10.1 Å². The van der Waals surface area contributed by atoms with Crippen LogP contribution in [-0.4, -0.2) is 28.2 Å². The lowest BCUT2D eigenvalue weighted by molar-refractivity contribution is -0.160. The molecule has 0 unspecified atom stereocenters. The third kappa shape index (κ3) is 2.72. The van der Waals surface area contributed by atoms with Gasteiger partial charge in [0.05, 0.1) is 35.1 Å². The molecule has 1 heterocycles. The molecule has 0 spiro atoms. The first-order valence-corrected chi connectivity index (χ1v) is 5.61. The molecule has 9 heteroatoms. The summed E-state index contributed by atoms with van der Waals surface area (Å²) in [6.07, 6.45) is 0. The molecule has 2 aromatic rings. The summed E-state index contributed by atoms with van der Waals surface area (Å²) >= 11 is 0.615. The van der Waals surface area contributed by atoms with Gasteiger partial charge in [-0.05, 0) is 6.07 Å². The topological polar surface area (TPSA) is 102 Å². The van der Waals surface area contributed by atoms with Gasteiger partial charge in [-0.1, -0.05) is 0 Å². The minimum absolute atomic E-state index is 0.0243. The van der Waals surface area contributed by atoms with E-state index in [2.05, 4.69) is 19.2 Å². The van der Waals surface area contributed by atoms with Crippen molar-refractivity contribution in [2.24, 2.45) is 0 Å². The third-order valence-electron chi connectivity index (χ3n) is 2.14. The molecule has 1 aromatic carbocycles. The normalized spacial score (nSPS) is 10.8. The minimum atomic E-state index is -1.48. The average Bonchev–Trinajstić information content (AvgIpc) is 2.36. The first kappa shape index (κ1) is 13.5. The van der Waals surface area contributed by atoms with Crippen LogP contribution < -0.4 is 5.56 Å². The van der Waals surface area contributed by atoms with Crippen molar-refractivity contribution in [3.05, 3.63) is 34.0 Å². The number of aromatic amines is 1. The Morgan fingerprint density at radius 2 is 2.26 bits per heavy atom. The van der Waals surface area contributed by atoms with Crippen LogP contribution in [0.25, 0.3) is 11.0 Å². The van der Waals surface area contributed by atoms with E-state index in [1.165, 1.54) is 13.2 Å². The van der Waals surface area contributed by atoms with Crippen molar-refractivity contribution in [3.63, 3.8) is 0 Å². The molecule has 0 bridgehead atoms. The lowest BCUT2D eigenvalue weighted by Crippen LogP contribution is -2.19.